The molecular formula is C23H26N4O4. The van der Waals surface area contributed by atoms with Gasteiger partial charge in [-0.05, 0) is 23.3 Å². The second kappa shape index (κ2) is 9.72. The van der Waals surface area contributed by atoms with Gasteiger partial charge in [-0.2, -0.15) is 0 Å². The number of morpholine rings is 1. The molecule has 2 N–H and O–H groups in total. The fraction of sp³-hybridized carbons (Fsp3) is 0.348. The lowest BCUT2D eigenvalue weighted by atomic mass is 10.1. The molecule has 1 amide bonds. The monoisotopic (exact) mass is 422 g/mol. The predicted molar refractivity (Wildman–Crippen MR) is 118 cm³/mol. The van der Waals surface area contributed by atoms with Gasteiger partial charge in [0.05, 0.1) is 30.5 Å². The largest absolute Gasteiger partial charge is 0.379 e. The van der Waals surface area contributed by atoms with Gasteiger partial charge in [-0.3, -0.25) is 24.4 Å². The maximum atomic E-state index is 12.5. The summed E-state index contributed by atoms with van der Waals surface area (Å²) in [6.45, 7) is 4.78. The fourth-order valence-corrected chi connectivity index (χ4v) is 3.76. The molecule has 4 rings (SSSR count). The molecule has 0 bridgehead atoms. The number of ether oxygens (including phenoxy) is 1. The van der Waals surface area contributed by atoms with Crippen molar-refractivity contribution in [1.29, 1.82) is 0 Å². The van der Waals surface area contributed by atoms with Gasteiger partial charge in [0, 0.05) is 32.6 Å². The Labute approximate surface area is 179 Å². The maximum absolute atomic E-state index is 12.5. The van der Waals surface area contributed by atoms with Crippen LogP contribution >= 0.6 is 0 Å². The summed E-state index contributed by atoms with van der Waals surface area (Å²) in [4.78, 5) is 39.3. The number of amides is 1. The summed E-state index contributed by atoms with van der Waals surface area (Å²) in [7, 11) is 0. The van der Waals surface area contributed by atoms with Crippen molar-refractivity contribution in [3.8, 4) is 0 Å². The van der Waals surface area contributed by atoms with E-state index in [1.54, 1.807) is 24.3 Å². The Bertz CT molecular complexity index is 1180. The minimum Gasteiger partial charge on any atom is -0.379 e. The Kier molecular flexibility index (Phi) is 6.59. The molecule has 31 heavy (non-hydrogen) atoms. The first kappa shape index (κ1) is 21.0. The van der Waals surface area contributed by atoms with Crippen LogP contribution in [0.15, 0.2) is 58.1 Å². The SMILES string of the molecule is O=C(CCn1[nH]c(=O)c2ccccc2c1=O)NCc1cccc(CN2CCOCC2)c1. The van der Waals surface area contributed by atoms with Crippen LogP contribution in [-0.4, -0.2) is 46.9 Å². The van der Waals surface area contributed by atoms with Crippen LogP contribution < -0.4 is 16.4 Å². The van der Waals surface area contributed by atoms with Gasteiger partial charge in [-0.15, -0.1) is 0 Å². The third-order valence-electron chi connectivity index (χ3n) is 5.44. The highest BCUT2D eigenvalue weighted by Gasteiger charge is 2.11. The summed E-state index contributed by atoms with van der Waals surface area (Å²) in [5.74, 6) is -0.181. The lowest BCUT2D eigenvalue weighted by Gasteiger charge is -2.26. The zero-order chi connectivity index (χ0) is 21.6. The molecule has 1 saturated heterocycles. The highest BCUT2D eigenvalue weighted by atomic mass is 16.5. The molecule has 2 aromatic carbocycles. The number of aromatic amines is 1. The highest BCUT2D eigenvalue weighted by molar-refractivity contribution is 5.80. The smallest absolute Gasteiger partial charge is 0.273 e. The van der Waals surface area contributed by atoms with Crippen molar-refractivity contribution >= 4 is 16.7 Å². The van der Waals surface area contributed by atoms with Gasteiger partial charge in [-0.1, -0.05) is 36.4 Å². The molecule has 2 heterocycles. The molecule has 0 unspecified atom stereocenters. The Morgan fingerprint density at radius 3 is 2.55 bits per heavy atom. The number of H-pyrrole nitrogens is 1. The molecular weight excluding hydrogens is 396 g/mol. The molecule has 0 saturated carbocycles. The average molecular weight is 422 g/mol. The first-order chi connectivity index (χ1) is 15.1. The van der Waals surface area contributed by atoms with E-state index in [-0.39, 0.29) is 30.0 Å². The van der Waals surface area contributed by atoms with Crippen LogP contribution in [0.25, 0.3) is 10.8 Å². The Balaban J connectivity index is 1.32. The number of fused-ring (bicyclic) bond motifs is 1. The van der Waals surface area contributed by atoms with Crippen molar-refractivity contribution in [2.45, 2.75) is 26.1 Å². The van der Waals surface area contributed by atoms with Crippen LogP contribution in [0.5, 0.6) is 0 Å². The second-order valence-electron chi connectivity index (χ2n) is 7.68. The molecule has 8 heteroatoms. The van der Waals surface area contributed by atoms with E-state index in [0.29, 0.717) is 17.3 Å². The van der Waals surface area contributed by atoms with Gasteiger partial charge in [0.15, 0.2) is 0 Å². The Hall–Kier alpha value is -3.23. The van der Waals surface area contributed by atoms with E-state index in [0.717, 1.165) is 38.4 Å². The van der Waals surface area contributed by atoms with Crippen LogP contribution in [0.4, 0.5) is 0 Å². The summed E-state index contributed by atoms with van der Waals surface area (Å²) < 4.78 is 6.59. The molecule has 162 valence electrons. The van der Waals surface area contributed by atoms with Gasteiger partial charge < -0.3 is 10.1 Å². The number of carbonyl (C=O) groups is 1. The zero-order valence-electron chi connectivity index (χ0n) is 17.3. The quantitative estimate of drug-likeness (QED) is 0.597. The third-order valence-corrected chi connectivity index (χ3v) is 5.44. The number of nitrogens with one attached hydrogen (secondary N) is 2. The number of aryl methyl sites for hydroxylation is 1. The van der Waals surface area contributed by atoms with E-state index in [9.17, 15) is 14.4 Å². The maximum Gasteiger partial charge on any atom is 0.273 e. The second-order valence-corrected chi connectivity index (χ2v) is 7.68. The number of hydrogen-bond donors (Lipinski definition) is 2. The number of aromatic nitrogens is 2. The van der Waals surface area contributed by atoms with Crippen molar-refractivity contribution in [2.75, 3.05) is 26.3 Å². The number of carbonyl (C=O) groups excluding carboxylic acids is 1. The third kappa shape index (κ3) is 5.28. The lowest BCUT2D eigenvalue weighted by molar-refractivity contribution is -0.121. The molecule has 0 radical (unpaired) electrons. The standard InChI is InChI=1S/C23H26N4O4/c28-21(8-9-27-23(30)20-7-2-1-6-19(20)22(29)25-27)24-15-17-4-3-5-18(14-17)16-26-10-12-31-13-11-26/h1-7,14H,8-13,15-16H2,(H,24,28)(H,25,29). The van der Waals surface area contributed by atoms with Crippen molar-refractivity contribution in [2.24, 2.45) is 0 Å². The van der Waals surface area contributed by atoms with E-state index < -0.39 is 0 Å². The van der Waals surface area contributed by atoms with Gasteiger partial charge in [0.25, 0.3) is 11.1 Å². The van der Waals surface area contributed by atoms with Crippen molar-refractivity contribution < 1.29 is 9.53 Å². The Morgan fingerprint density at radius 1 is 1.00 bits per heavy atom. The van der Waals surface area contributed by atoms with Crippen LogP contribution in [0, 0.1) is 0 Å². The molecule has 0 aliphatic carbocycles. The van der Waals surface area contributed by atoms with Crippen molar-refractivity contribution in [3.63, 3.8) is 0 Å². The molecule has 1 aliphatic rings. The molecule has 1 fully saturated rings. The minimum absolute atomic E-state index is 0.0989. The fourth-order valence-electron chi connectivity index (χ4n) is 3.76. The summed E-state index contributed by atoms with van der Waals surface area (Å²) in [6, 6.07) is 14.8. The summed E-state index contributed by atoms with van der Waals surface area (Å²) in [6.07, 6.45) is 0.0989. The molecule has 8 nitrogen and oxygen atoms in total. The molecule has 0 spiro atoms. The first-order valence-electron chi connectivity index (χ1n) is 10.5. The van der Waals surface area contributed by atoms with Gasteiger partial charge in [0.1, 0.15) is 0 Å². The highest BCUT2D eigenvalue weighted by Crippen LogP contribution is 2.10. The predicted octanol–water partition coefficient (Wildman–Crippen LogP) is 1.23. The Morgan fingerprint density at radius 2 is 1.74 bits per heavy atom. The molecule has 3 aromatic rings. The average Bonchev–Trinajstić information content (AvgIpc) is 2.80. The van der Waals surface area contributed by atoms with Crippen molar-refractivity contribution in [1.82, 2.24) is 20.0 Å². The number of nitrogens with zero attached hydrogens (tertiary/aromatic N) is 2. The van der Waals surface area contributed by atoms with E-state index in [2.05, 4.69) is 27.4 Å². The molecule has 1 aromatic heterocycles. The van der Waals surface area contributed by atoms with E-state index in [1.807, 2.05) is 12.1 Å². The minimum atomic E-state index is -0.340. The van der Waals surface area contributed by atoms with Crippen LogP contribution in [0.3, 0.4) is 0 Å². The summed E-state index contributed by atoms with van der Waals surface area (Å²) in [5, 5.41) is 6.14. The lowest BCUT2D eigenvalue weighted by Crippen LogP contribution is -2.35. The normalized spacial score (nSPS) is 14.6. The summed E-state index contributed by atoms with van der Waals surface area (Å²) in [5.41, 5.74) is 1.58. The molecule has 0 atom stereocenters. The van der Waals surface area contributed by atoms with Gasteiger partial charge in [-0.25, -0.2) is 4.68 Å². The number of rotatable bonds is 7. The van der Waals surface area contributed by atoms with Gasteiger partial charge >= 0.3 is 0 Å². The number of benzene rings is 2. The topological polar surface area (TPSA) is 96.4 Å². The van der Waals surface area contributed by atoms with Crippen LogP contribution in [0.2, 0.25) is 0 Å². The first-order valence-corrected chi connectivity index (χ1v) is 10.5. The zero-order valence-corrected chi connectivity index (χ0v) is 17.3. The van der Waals surface area contributed by atoms with E-state index in [1.165, 1.54) is 10.2 Å². The molecule has 1 aliphatic heterocycles. The van der Waals surface area contributed by atoms with Crippen LogP contribution in [0.1, 0.15) is 17.5 Å². The van der Waals surface area contributed by atoms with Crippen LogP contribution in [-0.2, 0) is 29.2 Å². The number of hydrogen-bond acceptors (Lipinski definition) is 5. The van der Waals surface area contributed by atoms with E-state index in [4.69, 9.17) is 4.74 Å². The van der Waals surface area contributed by atoms with Gasteiger partial charge in [0.2, 0.25) is 5.91 Å². The van der Waals surface area contributed by atoms with E-state index >= 15 is 0 Å². The van der Waals surface area contributed by atoms with Crippen molar-refractivity contribution in [3.05, 3.63) is 80.4 Å². The summed E-state index contributed by atoms with van der Waals surface area (Å²) >= 11 is 0.